The number of amides is 3. The van der Waals surface area contributed by atoms with Gasteiger partial charge in [-0.2, -0.15) is 0 Å². The number of hydrogen-bond donors (Lipinski definition) is 5. The van der Waals surface area contributed by atoms with Crippen molar-refractivity contribution in [3.63, 3.8) is 0 Å². The molecule has 6 N–H and O–H groups in total. The Bertz CT molecular complexity index is 1110. The van der Waals surface area contributed by atoms with Crippen LogP contribution in [0, 0.1) is 0 Å². The number of nitrogens with one attached hydrogen (secondary N) is 4. The normalized spacial score (nSPS) is 11.4. The van der Waals surface area contributed by atoms with Gasteiger partial charge in [0.1, 0.15) is 6.34 Å². The predicted molar refractivity (Wildman–Crippen MR) is 137 cm³/mol. The largest absolute Gasteiger partial charge is 0.466 e. The van der Waals surface area contributed by atoms with Gasteiger partial charge in [0.2, 0.25) is 11.8 Å². The molecule has 11 nitrogen and oxygen atoms in total. The number of esters is 1. The fourth-order valence-electron chi connectivity index (χ4n) is 3.04. The van der Waals surface area contributed by atoms with E-state index in [1.165, 1.54) is 30.6 Å². The standard InChI is InChI=1S/C23H26Cl2N6O5/c1-2-36-22(34)11-19(10-20(32)30-18-8-15(24)7-16(25)9-18)31-21(33)12-27-23(35)14-4-3-5-17(6-14)28-13-29-26/h3-9,13,19H,2,10-12,26H2,1H3,(H,27,35)(H,28,29)(H,30,32)(H,31,33). The number of carbonyl (C=O) groups excluding carboxylic acids is 4. The summed E-state index contributed by atoms with van der Waals surface area (Å²) in [6, 6.07) is 10.00. The number of rotatable bonds is 12. The van der Waals surface area contributed by atoms with Gasteiger partial charge in [0.15, 0.2) is 0 Å². The van der Waals surface area contributed by atoms with Gasteiger partial charge >= 0.3 is 5.97 Å². The molecule has 36 heavy (non-hydrogen) atoms. The first kappa shape index (κ1) is 28.6. The molecule has 0 saturated carbocycles. The van der Waals surface area contributed by atoms with Crippen LogP contribution in [0.1, 0.15) is 30.1 Å². The van der Waals surface area contributed by atoms with Crippen molar-refractivity contribution in [2.75, 3.05) is 18.5 Å². The van der Waals surface area contributed by atoms with Crippen LogP contribution in [0.3, 0.4) is 0 Å². The Labute approximate surface area is 217 Å². The van der Waals surface area contributed by atoms with E-state index in [0.717, 1.165) is 0 Å². The van der Waals surface area contributed by atoms with Gasteiger partial charge in [-0.25, -0.2) is 10.8 Å². The van der Waals surface area contributed by atoms with Gasteiger partial charge in [-0.3, -0.25) is 19.2 Å². The van der Waals surface area contributed by atoms with Gasteiger partial charge in [0.25, 0.3) is 5.91 Å². The first-order valence-electron chi connectivity index (χ1n) is 10.8. The van der Waals surface area contributed by atoms with E-state index in [1.807, 2.05) is 0 Å². The summed E-state index contributed by atoms with van der Waals surface area (Å²) < 4.78 is 4.93. The van der Waals surface area contributed by atoms with Crippen LogP contribution in [0.5, 0.6) is 0 Å². The van der Waals surface area contributed by atoms with Crippen LogP contribution in [0.25, 0.3) is 0 Å². The minimum atomic E-state index is -0.885. The second-order valence-electron chi connectivity index (χ2n) is 7.34. The van der Waals surface area contributed by atoms with Crippen LogP contribution in [-0.2, 0) is 19.1 Å². The maximum Gasteiger partial charge on any atom is 0.307 e. The molecule has 0 bridgehead atoms. The Hall–Kier alpha value is -3.67. The fraction of sp³-hybridized carbons (Fsp3) is 0.261. The zero-order valence-electron chi connectivity index (χ0n) is 19.3. The molecule has 0 radical (unpaired) electrons. The Balaban J connectivity index is 1.98. The van der Waals surface area contributed by atoms with Crippen LogP contribution in [0.2, 0.25) is 10.0 Å². The Morgan fingerprint density at radius 2 is 1.78 bits per heavy atom. The van der Waals surface area contributed by atoms with E-state index < -0.39 is 29.7 Å². The quantitative estimate of drug-likeness (QED) is 0.0912. The van der Waals surface area contributed by atoms with E-state index >= 15 is 0 Å². The van der Waals surface area contributed by atoms with Gasteiger partial charge in [0, 0.05) is 33.8 Å². The Morgan fingerprint density at radius 1 is 1.06 bits per heavy atom. The van der Waals surface area contributed by atoms with Crippen LogP contribution < -0.4 is 27.2 Å². The van der Waals surface area contributed by atoms with Crippen molar-refractivity contribution in [1.82, 2.24) is 16.1 Å². The number of aliphatic imine (C=N–C) groups is 1. The molecule has 0 aliphatic heterocycles. The number of hydrogen-bond acceptors (Lipinski definition) is 7. The van der Waals surface area contributed by atoms with Gasteiger partial charge in [-0.15, -0.1) is 0 Å². The maximum absolute atomic E-state index is 12.5. The molecule has 192 valence electrons. The van der Waals surface area contributed by atoms with Crippen molar-refractivity contribution in [2.45, 2.75) is 25.8 Å². The summed E-state index contributed by atoms with van der Waals surface area (Å²) in [5.41, 5.74) is 3.37. The van der Waals surface area contributed by atoms with E-state index in [-0.39, 0.29) is 31.6 Å². The Kier molecular flexibility index (Phi) is 11.6. The highest BCUT2D eigenvalue weighted by Crippen LogP contribution is 2.22. The summed E-state index contributed by atoms with van der Waals surface area (Å²) in [5.74, 6) is 2.94. The number of anilines is 1. The lowest BCUT2D eigenvalue weighted by Crippen LogP contribution is -2.44. The van der Waals surface area contributed by atoms with Gasteiger partial charge in [-0.1, -0.05) is 29.3 Å². The highest BCUT2D eigenvalue weighted by molar-refractivity contribution is 6.35. The second kappa shape index (κ2) is 14.7. The molecule has 13 heteroatoms. The van der Waals surface area contributed by atoms with Crippen molar-refractivity contribution in [3.8, 4) is 0 Å². The van der Waals surface area contributed by atoms with Crippen LogP contribution in [-0.4, -0.2) is 49.2 Å². The molecule has 3 amide bonds. The maximum atomic E-state index is 12.5. The number of nitrogens with zero attached hydrogens (tertiary/aromatic N) is 1. The number of benzene rings is 2. The summed E-state index contributed by atoms with van der Waals surface area (Å²) >= 11 is 11.9. The molecule has 1 atom stereocenters. The number of carbonyl (C=O) groups is 4. The Morgan fingerprint density at radius 3 is 2.44 bits per heavy atom. The highest BCUT2D eigenvalue weighted by Gasteiger charge is 2.21. The smallest absolute Gasteiger partial charge is 0.307 e. The van der Waals surface area contributed by atoms with Crippen molar-refractivity contribution in [3.05, 3.63) is 58.1 Å². The number of hydrazine groups is 1. The molecule has 2 rings (SSSR count). The van der Waals surface area contributed by atoms with E-state index in [9.17, 15) is 19.2 Å². The highest BCUT2D eigenvalue weighted by atomic mass is 35.5. The molecule has 0 heterocycles. The molecule has 2 aromatic carbocycles. The van der Waals surface area contributed by atoms with Gasteiger partial charge < -0.3 is 26.1 Å². The lowest BCUT2D eigenvalue weighted by atomic mass is 10.1. The lowest BCUT2D eigenvalue weighted by Gasteiger charge is -2.18. The summed E-state index contributed by atoms with van der Waals surface area (Å²) in [4.78, 5) is 53.4. The molecule has 0 aliphatic rings. The minimum Gasteiger partial charge on any atom is -0.466 e. The molecular formula is C23H26Cl2N6O5. The molecule has 2 aromatic rings. The van der Waals surface area contributed by atoms with Crippen LogP contribution >= 0.6 is 23.2 Å². The molecule has 0 saturated heterocycles. The minimum absolute atomic E-state index is 0.146. The van der Waals surface area contributed by atoms with E-state index in [4.69, 9.17) is 33.8 Å². The zero-order valence-corrected chi connectivity index (χ0v) is 20.9. The molecule has 0 aromatic heterocycles. The lowest BCUT2D eigenvalue weighted by molar-refractivity contribution is -0.143. The van der Waals surface area contributed by atoms with Crippen LogP contribution in [0.15, 0.2) is 47.5 Å². The summed E-state index contributed by atoms with van der Waals surface area (Å²) in [6.07, 6.45) is 0.773. The molecule has 0 fully saturated rings. The molecule has 0 aliphatic carbocycles. The third-order valence-corrected chi connectivity index (χ3v) is 4.90. The zero-order chi connectivity index (χ0) is 26.5. The van der Waals surface area contributed by atoms with E-state index in [1.54, 1.807) is 25.1 Å². The first-order chi connectivity index (χ1) is 17.2. The number of ether oxygens (including phenoxy) is 1. The van der Waals surface area contributed by atoms with Crippen molar-refractivity contribution in [2.24, 2.45) is 10.8 Å². The summed E-state index contributed by atoms with van der Waals surface area (Å²) in [5, 5.41) is 8.34. The molecule has 1 unspecified atom stereocenters. The van der Waals surface area contributed by atoms with Crippen molar-refractivity contribution < 1.29 is 23.9 Å². The topological polar surface area (TPSA) is 164 Å². The third-order valence-electron chi connectivity index (χ3n) is 4.47. The van der Waals surface area contributed by atoms with Gasteiger partial charge in [0.05, 0.1) is 25.3 Å². The van der Waals surface area contributed by atoms with Gasteiger partial charge in [-0.05, 0) is 43.3 Å². The SMILES string of the molecule is CCOC(=O)CC(CC(=O)Nc1cc(Cl)cc(Cl)c1)NC(=O)CNC(=O)c1cccc(N=CNN)c1. The fourth-order valence-corrected chi connectivity index (χ4v) is 3.56. The summed E-state index contributed by atoms with van der Waals surface area (Å²) in [7, 11) is 0. The van der Waals surface area contributed by atoms with Crippen molar-refractivity contribution >= 4 is 64.6 Å². The first-order valence-corrected chi connectivity index (χ1v) is 11.5. The number of nitrogens with two attached hydrogens (primary N) is 1. The molecular weight excluding hydrogens is 511 g/mol. The average Bonchev–Trinajstić information content (AvgIpc) is 2.80. The van der Waals surface area contributed by atoms with Crippen LogP contribution in [0.4, 0.5) is 11.4 Å². The predicted octanol–water partition coefficient (Wildman–Crippen LogP) is 2.31. The number of halogens is 2. The second-order valence-corrected chi connectivity index (χ2v) is 8.21. The van der Waals surface area contributed by atoms with Crippen molar-refractivity contribution in [1.29, 1.82) is 0 Å². The van der Waals surface area contributed by atoms with E-state index in [2.05, 4.69) is 26.4 Å². The molecule has 0 spiro atoms. The summed E-state index contributed by atoms with van der Waals surface area (Å²) in [6.45, 7) is 1.40. The average molecular weight is 537 g/mol. The third kappa shape index (κ3) is 10.3. The van der Waals surface area contributed by atoms with E-state index in [0.29, 0.717) is 21.4 Å². The monoisotopic (exact) mass is 536 g/mol.